The highest BCUT2D eigenvalue weighted by atomic mass is 16.8. The smallest absolute Gasteiger partial charge is 0.306 e. The van der Waals surface area contributed by atoms with Crippen LogP contribution < -0.4 is 0 Å². The molecule has 0 amide bonds. The highest BCUT2D eigenvalue weighted by molar-refractivity contribution is 5.70. The average Bonchev–Trinajstić information content (AvgIpc) is 3.31. The summed E-state index contributed by atoms with van der Waals surface area (Å²) < 4.78 is 61.7. The molecule has 402 valence electrons. The first-order chi connectivity index (χ1) is 33.1. The first-order valence-corrected chi connectivity index (χ1v) is 26.4. The Morgan fingerprint density at radius 1 is 0.507 bits per heavy atom. The number of unbranched alkanes of at least 4 members (excludes halogenated alkanes) is 8. The first kappa shape index (κ1) is 58.2. The molecule has 7 N–H and O–H groups in total. The van der Waals surface area contributed by atoms with Crippen molar-refractivity contribution >= 4 is 11.9 Å². The van der Waals surface area contributed by atoms with E-state index in [2.05, 4.69) is 13.8 Å². The van der Waals surface area contributed by atoms with Crippen molar-refractivity contribution in [3.8, 4) is 0 Å². The maximum atomic E-state index is 13.6. The fourth-order valence-corrected chi connectivity index (χ4v) is 9.96. The minimum atomic E-state index is -1.78. The molecule has 0 aromatic carbocycles. The average molecular weight is 993 g/mol. The number of fused-ring (bicyclic) bond motifs is 3. The van der Waals surface area contributed by atoms with Gasteiger partial charge in [-0.25, -0.2) is 0 Å². The minimum absolute atomic E-state index is 0.0379. The zero-order chi connectivity index (χ0) is 50.2. The largest absolute Gasteiger partial charge is 0.456 e. The lowest BCUT2D eigenvalue weighted by Crippen LogP contribution is -2.67. The topological polar surface area (TPSA) is 268 Å². The van der Waals surface area contributed by atoms with Gasteiger partial charge in [-0.2, -0.15) is 0 Å². The van der Waals surface area contributed by atoms with Crippen LogP contribution in [0.2, 0.25) is 0 Å². The van der Waals surface area contributed by atoms with Crippen LogP contribution in [-0.4, -0.2) is 177 Å². The van der Waals surface area contributed by atoms with Crippen molar-refractivity contribution < 1.29 is 92.7 Å². The summed E-state index contributed by atoms with van der Waals surface area (Å²) in [6, 6.07) is 0. The standard InChI is InChI=1S/C50H88O19/c1-7-9-11-12-14-18-22-26-33(51)65-44-40(58)48(62-30(5)42(44)67-47-39(57)37(55)35(53)28(3)60-47)68-43-31(6)63-49-41(59)45(43)66-34(52)27-23-19-16-13-15-17-21-25-32(24-20-10-8-2)64-50-46(69-49)38(56)36(54)29(4)61-50/h28-32,35-50,53-59H,7-27H2,1-6H3. The van der Waals surface area contributed by atoms with E-state index >= 15 is 0 Å². The van der Waals surface area contributed by atoms with Crippen LogP contribution >= 0.6 is 0 Å². The Bertz CT molecular complexity index is 1480. The van der Waals surface area contributed by atoms with Crippen LogP contribution in [0.5, 0.6) is 0 Å². The van der Waals surface area contributed by atoms with Gasteiger partial charge in [0.25, 0.3) is 0 Å². The van der Waals surface area contributed by atoms with E-state index in [1.54, 1.807) is 20.8 Å². The van der Waals surface area contributed by atoms with Crippen LogP contribution in [0.1, 0.15) is 176 Å². The summed E-state index contributed by atoms with van der Waals surface area (Å²) in [7, 11) is 0. The number of carbonyl (C=O) groups excluding carboxylic acids is 2. The molecule has 19 nitrogen and oxygen atoms in total. The van der Waals surface area contributed by atoms with Crippen LogP contribution in [0, 0.1) is 0 Å². The second kappa shape index (κ2) is 29.3. The maximum Gasteiger partial charge on any atom is 0.306 e. The summed E-state index contributed by atoms with van der Waals surface area (Å²) in [5.41, 5.74) is 0. The second-order valence-electron chi connectivity index (χ2n) is 20.1. The van der Waals surface area contributed by atoms with Crippen LogP contribution in [0.15, 0.2) is 0 Å². The zero-order valence-electron chi connectivity index (χ0n) is 42.0. The van der Waals surface area contributed by atoms with E-state index in [1.165, 1.54) is 6.92 Å². The Hall–Kier alpha value is -1.66. The molecule has 0 aromatic rings. The third kappa shape index (κ3) is 16.7. The van der Waals surface area contributed by atoms with Gasteiger partial charge in [-0.3, -0.25) is 9.59 Å². The Labute approximate surface area is 409 Å². The molecule has 0 spiro atoms. The third-order valence-corrected chi connectivity index (χ3v) is 14.4. The summed E-state index contributed by atoms with van der Waals surface area (Å²) in [6.45, 7) is 10.5. The van der Waals surface area contributed by atoms with Crippen molar-refractivity contribution in [1.29, 1.82) is 0 Å². The number of esters is 2. The van der Waals surface area contributed by atoms with Crippen molar-refractivity contribution in [3.05, 3.63) is 0 Å². The van der Waals surface area contributed by atoms with Crippen LogP contribution in [-0.2, 0) is 57.0 Å². The quantitative estimate of drug-likeness (QED) is 0.0799. The molecular weight excluding hydrogens is 905 g/mol. The fourth-order valence-electron chi connectivity index (χ4n) is 9.96. The Kier molecular flexibility index (Phi) is 24.7. The van der Waals surface area contributed by atoms with Gasteiger partial charge >= 0.3 is 11.9 Å². The predicted octanol–water partition coefficient (Wildman–Crippen LogP) is 4.10. The maximum absolute atomic E-state index is 13.6. The number of carbonyl (C=O) groups is 2. The number of hydrogen-bond acceptors (Lipinski definition) is 19. The summed E-state index contributed by atoms with van der Waals surface area (Å²) in [5, 5.41) is 78.4. The van der Waals surface area contributed by atoms with Crippen LogP contribution in [0.3, 0.4) is 0 Å². The van der Waals surface area contributed by atoms with Crippen LogP contribution in [0.25, 0.3) is 0 Å². The molecule has 19 heteroatoms. The van der Waals surface area contributed by atoms with Gasteiger partial charge in [-0.05, 0) is 53.4 Å². The van der Waals surface area contributed by atoms with Crippen molar-refractivity contribution in [3.63, 3.8) is 0 Å². The van der Waals surface area contributed by atoms with E-state index in [-0.39, 0.29) is 18.9 Å². The van der Waals surface area contributed by atoms with Gasteiger partial charge in [0, 0.05) is 12.8 Å². The second-order valence-corrected chi connectivity index (χ2v) is 20.1. The predicted molar refractivity (Wildman–Crippen MR) is 247 cm³/mol. The zero-order valence-corrected chi connectivity index (χ0v) is 42.0. The Morgan fingerprint density at radius 2 is 1.06 bits per heavy atom. The number of aliphatic hydroxyl groups is 7. The Morgan fingerprint density at radius 3 is 1.77 bits per heavy atom. The third-order valence-electron chi connectivity index (χ3n) is 14.4. The highest BCUT2D eigenvalue weighted by Gasteiger charge is 2.56. The molecule has 2 bridgehead atoms. The Balaban J connectivity index is 1.39. The van der Waals surface area contributed by atoms with Gasteiger partial charge in [0.05, 0.1) is 30.5 Å². The van der Waals surface area contributed by atoms with E-state index < -0.39 is 135 Å². The first-order valence-electron chi connectivity index (χ1n) is 26.4. The molecule has 0 aliphatic carbocycles. The molecule has 5 heterocycles. The molecule has 5 saturated heterocycles. The van der Waals surface area contributed by atoms with Crippen molar-refractivity contribution in [1.82, 2.24) is 0 Å². The van der Waals surface area contributed by atoms with Crippen molar-refractivity contribution in [2.24, 2.45) is 0 Å². The molecular formula is C50H88O19. The van der Waals surface area contributed by atoms with Gasteiger partial charge in [0.1, 0.15) is 61.0 Å². The van der Waals surface area contributed by atoms with Gasteiger partial charge in [-0.1, -0.05) is 110 Å². The summed E-state index contributed by atoms with van der Waals surface area (Å²) >= 11 is 0. The van der Waals surface area contributed by atoms with Gasteiger partial charge < -0.3 is 83.1 Å². The number of hydrogen-bond donors (Lipinski definition) is 7. The molecule has 5 aliphatic rings. The molecule has 5 rings (SSSR count). The monoisotopic (exact) mass is 993 g/mol. The summed E-state index contributed by atoms with van der Waals surface area (Å²) in [5.74, 6) is -1.26. The van der Waals surface area contributed by atoms with E-state index in [1.807, 2.05) is 0 Å². The SMILES string of the molecule is CCCCCCCCCC(=O)OC1C(O)C(OC2C(C)OC3OC4C(OC(CCCCC)CCCCCCCCCC(=O)OC2C3O)OC(C)C(O)C4O)OC(C)C1OC1OC(C)C(O)C(O)C1O. The van der Waals surface area contributed by atoms with E-state index in [9.17, 15) is 45.3 Å². The molecule has 5 fully saturated rings. The lowest BCUT2D eigenvalue weighted by atomic mass is 9.96. The molecule has 69 heavy (non-hydrogen) atoms. The summed E-state index contributed by atoms with van der Waals surface area (Å²) in [4.78, 5) is 27.1. The van der Waals surface area contributed by atoms with Gasteiger partial charge in [0.15, 0.2) is 37.4 Å². The molecule has 0 aromatic heterocycles. The van der Waals surface area contributed by atoms with Crippen LogP contribution in [0.4, 0.5) is 0 Å². The molecule has 0 saturated carbocycles. The molecule has 21 unspecified atom stereocenters. The van der Waals surface area contributed by atoms with E-state index in [0.29, 0.717) is 12.8 Å². The molecule has 0 radical (unpaired) electrons. The summed E-state index contributed by atoms with van der Waals surface area (Å²) in [6.07, 6.45) is -10.7. The number of rotatable bonds is 17. The highest BCUT2D eigenvalue weighted by Crippen LogP contribution is 2.37. The normalized spacial score (nSPS) is 42.3. The number of ether oxygens (including phenoxy) is 10. The fraction of sp³-hybridized carbons (Fsp3) is 0.960. The van der Waals surface area contributed by atoms with E-state index in [4.69, 9.17) is 47.4 Å². The van der Waals surface area contributed by atoms with Gasteiger partial charge in [-0.15, -0.1) is 0 Å². The molecule has 5 aliphatic heterocycles. The van der Waals surface area contributed by atoms with Crippen molar-refractivity contribution in [2.75, 3.05) is 0 Å². The lowest BCUT2D eigenvalue weighted by Gasteiger charge is -2.49. The van der Waals surface area contributed by atoms with Crippen molar-refractivity contribution in [2.45, 2.75) is 305 Å². The minimum Gasteiger partial charge on any atom is -0.456 e. The number of aliphatic hydroxyl groups excluding tert-OH is 7. The van der Waals surface area contributed by atoms with Gasteiger partial charge in [0.2, 0.25) is 0 Å². The lowest BCUT2D eigenvalue weighted by molar-refractivity contribution is -0.387. The molecule has 21 atom stereocenters. The van der Waals surface area contributed by atoms with E-state index in [0.717, 1.165) is 109 Å².